The summed E-state index contributed by atoms with van der Waals surface area (Å²) in [6.07, 6.45) is 5.35. The van der Waals surface area contributed by atoms with Gasteiger partial charge in [-0.3, -0.25) is 14.9 Å². The number of nitro benzene ring substituents is 1. The highest BCUT2D eigenvalue weighted by Crippen LogP contribution is 2.32. The van der Waals surface area contributed by atoms with Crippen molar-refractivity contribution in [2.45, 2.75) is 37.6 Å². The number of nitro groups is 1. The molecule has 1 amide bonds. The topological polar surface area (TPSA) is 89.8 Å². The zero-order valence-corrected chi connectivity index (χ0v) is 18.7. The van der Waals surface area contributed by atoms with E-state index in [1.165, 1.54) is 18.2 Å². The van der Waals surface area contributed by atoms with Crippen molar-refractivity contribution in [3.8, 4) is 0 Å². The molecule has 1 aliphatic heterocycles. The lowest BCUT2D eigenvalue weighted by Crippen LogP contribution is -2.46. The quantitative estimate of drug-likeness (QED) is 0.183. The molecule has 2 aromatic carbocycles. The first-order valence-corrected chi connectivity index (χ1v) is 11.6. The fourth-order valence-corrected chi connectivity index (χ4v) is 4.81. The molecule has 0 aliphatic carbocycles. The van der Waals surface area contributed by atoms with Crippen molar-refractivity contribution in [1.29, 1.82) is 0 Å². The number of hydrogen-bond acceptors (Lipinski definition) is 6. The van der Waals surface area contributed by atoms with E-state index >= 15 is 0 Å². The molecule has 0 spiro atoms. The maximum absolute atomic E-state index is 13.1. The number of nitrogens with zero attached hydrogens (tertiary/aromatic N) is 2. The average Bonchev–Trinajstić information content (AvgIpc) is 3.22. The van der Waals surface area contributed by atoms with Crippen LogP contribution in [-0.4, -0.2) is 45.5 Å². The van der Waals surface area contributed by atoms with E-state index in [0.717, 1.165) is 18.4 Å². The number of hydrogen-bond donors (Lipinski definition) is 0. The predicted octanol–water partition coefficient (Wildman–Crippen LogP) is 4.46. The third-order valence-electron chi connectivity index (χ3n) is 5.14. The summed E-state index contributed by atoms with van der Waals surface area (Å²) >= 11 is 1.57. The maximum atomic E-state index is 13.1. The van der Waals surface area contributed by atoms with Gasteiger partial charge in [0.05, 0.1) is 16.9 Å². The molecule has 0 N–H and O–H groups in total. The Balaban J connectivity index is 1.76. The molecular formula is C24H26N2O5S. The molecule has 0 saturated carbocycles. The third kappa shape index (κ3) is 6.20. The van der Waals surface area contributed by atoms with E-state index in [-0.39, 0.29) is 22.9 Å². The lowest BCUT2D eigenvalue weighted by Gasteiger charge is -2.27. The summed E-state index contributed by atoms with van der Waals surface area (Å²) in [7, 11) is 0. The number of ether oxygens (including phenoxy) is 1. The minimum absolute atomic E-state index is 0.0118. The second kappa shape index (κ2) is 11.5. The number of rotatable bonds is 9. The van der Waals surface area contributed by atoms with Gasteiger partial charge < -0.3 is 9.64 Å². The number of amides is 1. The molecule has 2 atom stereocenters. The number of non-ortho nitro benzene ring substituents is 1. The van der Waals surface area contributed by atoms with Crippen LogP contribution in [0.4, 0.5) is 5.69 Å². The normalized spacial score (nSPS) is 18.1. The molecule has 3 rings (SSSR count). The molecule has 0 aromatic heterocycles. The second-order valence-electron chi connectivity index (χ2n) is 7.44. The zero-order chi connectivity index (χ0) is 22.9. The molecule has 2 aromatic rings. The van der Waals surface area contributed by atoms with Gasteiger partial charge in [-0.15, -0.1) is 11.8 Å². The molecule has 1 aliphatic rings. The van der Waals surface area contributed by atoms with Crippen molar-refractivity contribution in [3.05, 3.63) is 81.9 Å². The molecule has 1 saturated heterocycles. The summed E-state index contributed by atoms with van der Waals surface area (Å²) < 4.78 is 5.41. The Hall–Kier alpha value is -3.13. The summed E-state index contributed by atoms with van der Waals surface area (Å²) in [6.45, 7) is 2.37. The first-order valence-electron chi connectivity index (χ1n) is 10.6. The van der Waals surface area contributed by atoms with Crippen molar-refractivity contribution in [1.82, 2.24) is 4.90 Å². The van der Waals surface area contributed by atoms with E-state index in [2.05, 4.69) is 0 Å². The lowest BCUT2D eigenvalue weighted by molar-refractivity contribution is -0.384. The summed E-state index contributed by atoms with van der Waals surface area (Å²) in [5.74, 6) is -0.176. The molecule has 168 valence electrons. The van der Waals surface area contributed by atoms with Crippen LogP contribution in [0.2, 0.25) is 0 Å². The van der Waals surface area contributed by atoms with Gasteiger partial charge >= 0.3 is 5.97 Å². The van der Waals surface area contributed by atoms with E-state index in [4.69, 9.17) is 4.74 Å². The average molecular weight is 455 g/mol. The number of esters is 1. The summed E-state index contributed by atoms with van der Waals surface area (Å²) in [6, 6.07) is 15.2. The van der Waals surface area contributed by atoms with Gasteiger partial charge in [0.15, 0.2) is 0 Å². The molecular weight excluding hydrogens is 428 g/mol. The highest BCUT2D eigenvalue weighted by molar-refractivity contribution is 8.00. The summed E-state index contributed by atoms with van der Waals surface area (Å²) in [4.78, 5) is 37.8. The van der Waals surface area contributed by atoms with Gasteiger partial charge in [-0.2, -0.15) is 0 Å². The minimum atomic E-state index is -0.639. The van der Waals surface area contributed by atoms with E-state index in [9.17, 15) is 19.7 Å². The third-order valence-corrected chi connectivity index (χ3v) is 6.42. The van der Waals surface area contributed by atoms with Crippen LogP contribution in [0.15, 0.2) is 60.7 Å². The highest BCUT2D eigenvalue weighted by Gasteiger charge is 2.41. The van der Waals surface area contributed by atoms with Gasteiger partial charge in [-0.1, -0.05) is 43.7 Å². The van der Waals surface area contributed by atoms with Crippen molar-refractivity contribution in [2.75, 3.05) is 12.4 Å². The number of carbonyl (C=O) groups is 2. The van der Waals surface area contributed by atoms with Crippen LogP contribution in [0.3, 0.4) is 0 Å². The number of thioether (sulfide) groups is 1. The maximum Gasteiger partial charge on any atom is 0.329 e. The van der Waals surface area contributed by atoms with Gasteiger partial charge in [0.2, 0.25) is 5.91 Å². The first-order chi connectivity index (χ1) is 15.5. The van der Waals surface area contributed by atoms with Crippen LogP contribution in [0.1, 0.15) is 30.9 Å². The second-order valence-corrected chi connectivity index (χ2v) is 8.65. The highest BCUT2D eigenvalue weighted by atomic mass is 32.2. The Morgan fingerprint density at radius 3 is 2.56 bits per heavy atom. The van der Waals surface area contributed by atoms with E-state index in [1.807, 2.05) is 37.3 Å². The molecule has 7 nitrogen and oxygen atoms in total. The van der Waals surface area contributed by atoms with Crippen LogP contribution in [-0.2, 0) is 20.7 Å². The van der Waals surface area contributed by atoms with Crippen molar-refractivity contribution >= 4 is 35.4 Å². The van der Waals surface area contributed by atoms with E-state index < -0.39 is 11.0 Å². The Morgan fingerprint density at radius 2 is 1.91 bits per heavy atom. The smallest absolute Gasteiger partial charge is 0.329 e. The Kier molecular flexibility index (Phi) is 8.44. The van der Waals surface area contributed by atoms with Crippen LogP contribution >= 0.6 is 11.8 Å². The number of carbonyl (C=O) groups excluding carboxylic acids is 2. The van der Waals surface area contributed by atoms with Gasteiger partial charge in [0, 0.05) is 30.4 Å². The van der Waals surface area contributed by atoms with Crippen LogP contribution < -0.4 is 0 Å². The van der Waals surface area contributed by atoms with Gasteiger partial charge in [-0.25, -0.2) is 4.79 Å². The van der Waals surface area contributed by atoms with Gasteiger partial charge in [0.25, 0.3) is 5.69 Å². The fourth-order valence-electron chi connectivity index (χ4n) is 3.39. The van der Waals surface area contributed by atoms with Crippen molar-refractivity contribution in [2.24, 2.45) is 0 Å². The van der Waals surface area contributed by atoms with E-state index in [0.29, 0.717) is 24.3 Å². The van der Waals surface area contributed by atoms with Crippen LogP contribution in [0.25, 0.3) is 6.08 Å². The Bertz CT molecular complexity index is 962. The minimum Gasteiger partial charge on any atom is -0.464 e. The predicted molar refractivity (Wildman–Crippen MR) is 125 cm³/mol. The molecule has 0 radical (unpaired) electrons. The van der Waals surface area contributed by atoms with Crippen molar-refractivity contribution in [3.63, 3.8) is 0 Å². The van der Waals surface area contributed by atoms with Gasteiger partial charge in [0.1, 0.15) is 6.04 Å². The number of unbranched alkanes of at least 4 members (excludes halogenated alkanes) is 1. The molecule has 32 heavy (non-hydrogen) atoms. The van der Waals surface area contributed by atoms with Gasteiger partial charge in [-0.05, 0) is 35.8 Å². The van der Waals surface area contributed by atoms with Crippen LogP contribution in [0, 0.1) is 10.1 Å². The Morgan fingerprint density at radius 1 is 1.19 bits per heavy atom. The molecule has 1 heterocycles. The monoisotopic (exact) mass is 454 g/mol. The molecule has 8 heteroatoms. The van der Waals surface area contributed by atoms with Crippen LogP contribution in [0.5, 0.6) is 0 Å². The zero-order valence-electron chi connectivity index (χ0n) is 17.9. The largest absolute Gasteiger partial charge is 0.464 e. The van der Waals surface area contributed by atoms with E-state index in [1.54, 1.807) is 34.9 Å². The molecule has 0 bridgehead atoms. The standard InChI is InChI=1S/C24H26N2O5S/c1-2-3-15-31-24(28)21-17-32-23(16-19-7-5-4-6-8-19)25(21)22(27)14-11-18-9-12-20(13-10-18)26(29)30/h4-14,21,23H,2-3,15-17H2,1H3/b14-11+. The van der Waals surface area contributed by atoms with Crippen molar-refractivity contribution < 1.29 is 19.2 Å². The fraction of sp³-hybridized carbons (Fsp3) is 0.333. The molecule has 1 fully saturated rings. The number of benzene rings is 2. The first kappa shape index (κ1) is 23.5. The Labute approximate surface area is 191 Å². The lowest BCUT2D eigenvalue weighted by atomic mass is 10.1. The summed E-state index contributed by atoms with van der Waals surface area (Å²) in [5, 5.41) is 10.6. The molecule has 2 unspecified atom stereocenters. The summed E-state index contributed by atoms with van der Waals surface area (Å²) in [5.41, 5.74) is 1.74. The SMILES string of the molecule is CCCCOC(=O)C1CSC(Cc2ccccc2)N1C(=O)/C=C/c1ccc([N+](=O)[O-])cc1.